The highest BCUT2D eigenvalue weighted by Crippen LogP contribution is 2.26. The van der Waals surface area contributed by atoms with E-state index in [1.54, 1.807) is 36.5 Å². The van der Waals surface area contributed by atoms with Crippen molar-refractivity contribution < 1.29 is 22.0 Å². The van der Waals surface area contributed by atoms with Crippen molar-refractivity contribution in [3.8, 4) is 0 Å². The Morgan fingerprint density at radius 2 is 1.77 bits per heavy atom. The SMILES string of the molecule is O=C(c1ccc(S(=O)(=O)c2ccc(Cl)cc2)o1)N(Cc1ccc(Br)o1)c1ccccn1. The van der Waals surface area contributed by atoms with Crippen molar-refractivity contribution in [3.05, 3.63) is 94.1 Å². The Balaban J connectivity index is 1.66. The van der Waals surface area contributed by atoms with E-state index in [2.05, 4.69) is 20.9 Å². The van der Waals surface area contributed by atoms with Gasteiger partial charge in [0.05, 0.1) is 11.4 Å². The molecule has 4 rings (SSSR count). The van der Waals surface area contributed by atoms with Crippen LogP contribution in [0, 0.1) is 0 Å². The summed E-state index contributed by atoms with van der Waals surface area (Å²) >= 11 is 9.06. The van der Waals surface area contributed by atoms with Crippen molar-refractivity contribution in [2.24, 2.45) is 0 Å². The largest absolute Gasteiger partial charge is 0.452 e. The summed E-state index contributed by atoms with van der Waals surface area (Å²) in [6.07, 6.45) is 1.55. The molecule has 1 amide bonds. The number of aromatic nitrogens is 1. The Labute approximate surface area is 191 Å². The third kappa shape index (κ3) is 4.58. The second-order valence-corrected chi connectivity index (χ2v) is 9.46. The molecule has 158 valence electrons. The predicted molar refractivity (Wildman–Crippen MR) is 117 cm³/mol. The minimum atomic E-state index is -3.95. The Bertz CT molecular complexity index is 1320. The summed E-state index contributed by atoms with van der Waals surface area (Å²) in [6, 6.07) is 16.8. The highest BCUT2D eigenvalue weighted by molar-refractivity contribution is 9.10. The van der Waals surface area contributed by atoms with E-state index in [1.807, 2.05) is 0 Å². The molecule has 0 aliphatic carbocycles. The summed E-state index contributed by atoms with van der Waals surface area (Å²) < 4.78 is 37.1. The van der Waals surface area contributed by atoms with Gasteiger partial charge in [0, 0.05) is 11.2 Å². The van der Waals surface area contributed by atoms with Crippen LogP contribution in [0.4, 0.5) is 5.82 Å². The van der Waals surface area contributed by atoms with Gasteiger partial charge in [0.2, 0.25) is 14.9 Å². The molecule has 10 heteroatoms. The van der Waals surface area contributed by atoms with E-state index in [1.165, 1.54) is 41.3 Å². The minimum Gasteiger partial charge on any atom is -0.452 e. The molecule has 1 aromatic carbocycles. The second-order valence-electron chi connectivity index (χ2n) is 6.36. The molecule has 0 atom stereocenters. The number of rotatable bonds is 6. The Morgan fingerprint density at radius 1 is 1.00 bits per heavy atom. The number of pyridine rings is 1. The molecule has 0 saturated carbocycles. The van der Waals surface area contributed by atoms with Gasteiger partial charge in [-0.05, 0) is 76.6 Å². The Kier molecular flexibility index (Phi) is 5.99. The summed E-state index contributed by atoms with van der Waals surface area (Å²) in [4.78, 5) is 18.8. The fourth-order valence-electron chi connectivity index (χ4n) is 2.81. The smallest absolute Gasteiger partial charge is 0.295 e. The molecule has 0 spiro atoms. The lowest BCUT2D eigenvalue weighted by molar-refractivity contribution is 0.0950. The Morgan fingerprint density at radius 3 is 2.42 bits per heavy atom. The molecular formula is C21H14BrClN2O5S. The number of carbonyl (C=O) groups excluding carboxylic acids is 1. The maximum atomic E-state index is 13.2. The normalized spacial score (nSPS) is 11.4. The fourth-order valence-corrected chi connectivity index (χ4v) is 4.44. The first-order chi connectivity index (χ1) is 14.8. The minimum absolute atomic E-state index is 0.00673. The quantitative estimate of drug-likeness (QED) is 0.339. The van der Waals surface area contributed by atoms with Gasteiger partial charge in [-0.3, -0.25) is 9.69 Å². The number of halogens is 2. The summed E-state index contributed by atoms with van der Waals surface area (Å²) in [7, 11) is -3.95. The van der Waals surface area contributed by atoms with Gasteiger partial charge in [0.15, 0.2) is 10.4 Å². The lowest BCUT2D eigenvalue weighted by atomic mass is 10.3. The first-order valence-electron chi connectivity index (χ1n) is 8.92. The Hall–Kier alpha value is -2.88. The van der Waals surface area contributed by atoms with Crippen LogP contribution in [-0.4, -0.2) is 19.3 Å². The molecule has 0 unspecified atom stereocenters. The van der Waals surface area contributed by atoms with E-state index in [0.717, 1.165) is 0 Å². The van der Waals surface area contributed by atoms with Crippen LogP contribution in [0.1, 0.15) is 16.3 Å². The molecular weight excluding hydrogens is 508 g/mol. The van der Waals surface area contributed by atoms with E-state index in [4.69, 9.17) is 20.4 Å². The zero-order chi connectivity index (χ0) is 22.0. The van der Waals surface area contributed by atoms with Crippen molar-refractivity contribution in [3.63, 3.8) is 0 Å². The number of sulfone groups is 1. The van der Waals surface area contributed by atoms with Crippen molar-refractivity contribution >= 4 is 49.1 Å². The maximum Gasteiger partial charge on any atom is 0.295 e. The van der Waals surface area contributed by atoms with Crippen LogP contribution in [0.2, 0.25) is 5.02 Å². The van der Waals surface area contributed by atoms with Gasteiger partial charge >= 0.3 is 0 Å². The molecule has 0 N–H and O–H groups in total. The third-order valence-corrected chi connectivity index (χ3v) is 6.61. The van der Waals surface area contributed by atoms with Crippen molar-refractivity contribution in [1.29, 1.82) is 0 Å². The monoisotopic (exact) mass is 520 g/mol. The fraction of sp³-hybridized carbons (Fsp3) is 0.0476. The number of benzene rings is 1. The molecule has 4 aromatic rings. The highest BCUT2D eigenvalue weighted by Gasteiger charge is 2.27. The van der Waals surface area contributed by atoms with Gasteiger partial charge < -0.3 is 8.83 Å². The van der Waals surface area contributed by atoms with Gasteiger partial charge in [-0.2, -0.15) is 0 Å². The lowest BCUT2D eigenvalue weighted by Crippen LogP contribution is -2.30. The third-order valence-electron chi connectivity index (χ3n) is 4.29. The zero-order valence-corrected chi connectivity index (χ0v) is 18.9. The molecule has 0 saturated heterocycles. The zero-order valence-electron chi connectivity index (χ0n) is 15.7. The van der Waals surface area contributed by atoms with Gasteiger partial charge in [-0.15, -0.1) is 0 Å². The standard InChI is InChI=1S/C21H14BrClN2O5S/c22-18-10-6-15(29-18)13-25(19-3-1-2-12-24-19)21(26)17-9-11-20(30-17)31(27,28)16-7-4-14(23)5-8-16/h1-12H,13H2. The molecule has 0 fully saturated rings. The predicted octanol–water partition coefficient (Wildman–Crippen LogP) is 5.36. The molecule has 0 radical (unpaired) electrons. The van der Waals surface area contributed by atoms with Crippen LogP contribution in [-0.2, 0) is 16.4 Å². The average Bonchev–Trinajstić information content (AvgIpc) is 3.42. The summed E-state index contributed by atoms with van der Waals surface area (Å²) in [5.74, 6) is 0.151. The molecule has 7 nitrogen and oxygen atoms in total. The van der Waals surface area contributed by atoms with Gasteiger partial charge in [0.1, 0.15) is 11.6 Å². The second kappa shape index (κ2) is 8.70. The first-order valence-corrected chi connectivity index (χ1v) is 11.6. The number of amides is 1. The summed E-state index contributed by atoms with van der Waals surface area (Å²) in [5, 5.41) is 0.0599. The number of hydrogen-bond acceptors (Lipinski definition) is 6. The van der Waals surface area contributed by atoms with Crippen LogP contribution in [0.15, 0.2) is 96.4 Å². The van der Waals surface area contributed by atoms with Crippen molar-refractivity contribution in [2.75, 3.05) is 4.90 Å². The molecule has 0 bridgehead atoms. The van der Waals surface area contributed by atoms with E-state index in [-0.39, 0.29) is 22.3 Å². The van der Waals surface area contributed by atoms with E-state index < -0.39 is 15.7 Å². The van der Waals surface area contributed by atoms with Crippen LogP contribution in [0.25, 0.3) is 0 Å². The topological polar surface area (TPSA) is 93.6 Å². The molecule has 3 aromatic heterocycles. The highest BCUT2D eigenvalue weighted by atomic mass is 79.9. The summed E-state index contributed by atoms with van der Waals surface area (Å²) in [5.41, 5.74) is 0. The van der Waals surface area contributed by atoms with Gasteiger partial charge in [0.25, 0.3) is 5.91 Å². The maximum absolute atomic E-state index is 13.2. The molecule has 31 heavy (non-hydrogen) atoms. The number of hydrogen-bond donors (Lipinski definition) is 0. The van der Waals surface area contributed by atoms with Crippen LogP contribution in [0.3, 0.4) is 0 Å². The van der Waals surface area contributed by atoms with E-state index in [9.17, 15) is 13.2 Å². The number of nitrogens with zero attached hydrogens (tertiary/aromatic N) is 2. The number of carbonyl (C=O) groups is 1. The lowest BCUT2D eigenvalue weighted by Gasteiger charge is -2.19. The van der Waals surface area contributed by atoms with E-state index >= 15 is 0 Å². The van der Waals surface area contributed by atoms with Gasteiger partial charge in [-0.25, -0.2) is 13.4 Å². The van der Waals surface area contributed by atoms with Crippen molar-refractivity contribution in [2.45, 2.75) is 16.5 Å². The average molecular weight is 522 g/mol. The first kappa shape index (κ1) is 21.4. The van der Waals surface area contributed by atoms with E-state index in [0.29, 0.717) is 21.3 Å². The van der Waals surface area contributed by atoms with Crippen LogP contribution in [0.5, 0.6) is 0 Å². The number of furan rings is 2. The molecule has 3 heterocycles. The van der Waals surface area contributed by atoms with Crippen LogP contribution < -0.4 is 4.90 Å². The van der Waals surface area contributed by atoms with Gasteiger partial charge in [-0.1, -0.05) is 17.7 Å². The van der Waals surface area contributed by atoms with Crippen LogP contribution >= 0.6 is 27.5 Å². The molecule has 0 aliphatic rings. The van der Waals surface area contributed by atoms with Crippen molar-refractivity contribution in [1.82, 2.24) is 4.98 Å². The summed E-state index contributed by atoms with van der Waals surface area (Å²) in [6.45, 7) is 0.0708. The number of anilines is 1. The molecule has 0 aliphatic heterocycles.